The van der Waals surface area contributed by atoms with Crippen LogP contribution in [0.4, 0.5) is 4.79 Å². The predicted octanol–water partition coefficient (Wildman–Crippen LogP) is 4.30. The number of primary amides is 1. The first-order valence-electron chi connectivity index (χ1n) is 17.6. The number of amides is 6. The highest BCUT2D eigenvalue weighted by Gasteiger charge is 2.44. The Labute approximate surface area is 293 Å². The standard InChI is InChI=1S/C27H42N4O3.C5H9NO2.C4H8.CH3NO/c1-20-13-12-18-31(20)23(32)22(26(2,3)4)28-25(34)29-27(16-10-7-11-17-27)24(33)30(5)19-21-14-8-6-9-15-21;1-4(5(2)8)6-3-7;1-4-2-3-4;2-1-3/h6,8-9,14-15,20,22H,7,10-13,16-19H2,1-5H3,(H2,28,29,34);3-4H,1-2H3,(H,6,7);4H,2-3H2,1H3;1H,(H2,2,3). The van der Waals surface area contributed by atoms with E-state index in [1.165, 1.54) is 19.8 Å². The largest absolute Gasteiger partial charge is 0.372 e. The van der Waals surface area contributed by atoms with Crippen LogP contribution in [0.15, 0.2) is 30.3 Å². The Hall–Kier alpha value is -3.96. The molecule has 0 radical (unpaired) electrons. The van der Waals surface area contributed by atoms with Gasteiger partial charge >= 0.3 is 6.03 Å². The Morgan fingerprint density at radius 3 is 1.96 bits per heavy atom. The summed E-state index contributed by atoms with van der Waals surface area (Å²) in [7, 11) is 1.79. The zero-order valence-electron chi connectivity index (χ0n) is 31.1. The van der Waals surface area contributed by atoms with Gasteiger partial charge in [0.05, 0.1) is 6.04 Å². The molecular weight excluding hydrogens is 624 g/mol. The number of nitrogens with zero attached hydrogens (tertiary/aromatic N) is 2. The Bertz CT molecular complexity index is 1190. The van der Waals surface area contributed by atoms with Gasteiger partial charge in [-0.25, -0.2) is 4.79 Å². The van der Waals surface area contributed by atoms with Gasteiger partial charge in [-0.2, -0.15) is 0 Å². The van der Waals surface area contributed by atoms with Crippen molar-refractivity contribution in [3.63, 3.8) is 0 Å². The number of nitrogens with two attached hydrogens (primary N) is 1. The van der Waals surface area contributed by atoms with Crippen LogP contribution in [0, 0.1) is 11.3 Å². The molecule has 2 saturated carbocycles. The van der Waals surface area contributed by atoms with Gasteiger partial charge < -0.3 is 31.5 Å². The highest BCUT2D eigenvalue weighted by molar-refractivity contribution is 5.93. The number of carbonyl (C=O) groups excluding carboxylic acids is 6. The molecule has 1 saturated heterocycles. The fraction of sp³-hybridized carbons (Fsp3) is 0.676. The number of likely N-dealkylation sites (tertiary alicyclic amines) is 1. The second kappa shape index (κ2) is 21.2. The number of rotatable bonds is 9. The average Bonchev–Trinajstić information content (AvgIpc) is 3.72. The summed E-state index contributed by atoms with van der Waals surface area (Å²) in [4.78, 5) is 72.4. The molecule has 12 nitrogen and oxygen atoms in total. The minimum Gasteiger partial charge on any atom is -0.372 e. The van der Waals surface area contributed by atoms with Crippen LogP contribution in [-0.2, 0) is 30.5 Å². The number of hydrogen-bond acceptors (Lipinski definition) is 6. The summed E-state index contributed by atoms with van der Waals surface area (Å²) in [5.74, 6) is 0.938. The van der Waals surface area contributed by atoms with Crippen molar-refractivity contribution in [1.29, 1.82) is 0 Å². The maximum Gasteiger partial charge on any atom is 0.316 e. The van der Waals surface area contributed by atoms with Gasteiger partial charge in [0.1, 0.15) is 11.6 Å². The van der Waals surface area contributed by atoms with E-state index in [0.29, 0.717) is 25.8 Å². The Balaban J connectivity index is 0.000000662. The van der Waals surface area contributed by atoms with E-state index < -0.39 is 23.0 Å². The van der Waals surface area contributed by atoms with Gasteiger partial charge in [-0.15, -0.1) is 0 Å². The van der Waals surface area contributed by atoms with E-state index in [0.717, 1.165) is 50.1 Å². The van der Waals surface area contributed by atoms with Gasteiger partial charge in [0.2, 0.25) is 24.6 Å². The average molecular weight is 687 g/mol. The zero-order valence-corrected chi connectivity index (χ0v) is 31.1. The molecule has 3 atom stereocenters. The van der Waals surface area contributed by atoms with Crippen molar-refractivity contribution in [3.05, 3.63) is 35.9 Å². The van der Waals surface area contributed by atoms with Crippen LogP contribution < -0.4 is 21.7 Å². The lowest BCUT2D eigenvalue weighted by atomic mass is 9.80. The number of urea groups is 1. The summed E-state index contributed by atoms with van der Waals surface area (Å²) < 4.78 is 0. The van der Waals surface area contributed by atoms with E-state index in [-0.39, 0.29) is 36.1 Å². The van der Waals surface area contributed by atoms with E-state index in [4.69, 9.17) is 4.79 Å². The first kappa shape index (κ1) is 43.1. The Morgan fingerprint density at radius 1 is 1.00 bits per heavy atom. The van der Waals surface area contributed by atoms with Crippen LogP contribution in [0.2, 0.25) is 0 Å². The molecule has 3 aliphatic rings. The molecular formula is C37H62N6O6. The molecule has 49 heavy (non-hydrogen) atoms. The van der Waals surface area contributed by atoms with Crippen molar-refractivity contribution in [2.45, 2.75) is 136 Å². The summed E-state index contributed by atoms with van der Waals surface area (Å²) in [5, 5.41) is 8.32. The number of likely N-dealkylation sites (N-methyl/N-ethyl adjacent to an activating group) is 1. The highest BCUT2D eigenvalue weighted by atomic mass is 16.2. The van der Waals surface area contributed by atoms with E-state index in [1.807, 2.05) is 56.0 Å². The smallest absolute Gasteiger partial charge is 0.316 e. The third-order valence-electron chi connectivity index (χ3n) is 9.10. The van der Waals surface area contributed by atoms with Crippen molar-refractivity contribution >= 4 is 36.4 Å². The molecule has 0 spiro atoms. The van der Waals surface area contributed by atoms with Crippen LogP contribution >= 0.6 is 0 Å². The lowest BCUT2D eigenvalue weighted by Crippen LogP contribution is -2.64. The summed E-state index contributed by atoms with van der Waals surface area (Å²) >= 11 is 0. The predicted molar refractivity (Wildman–Crippen MR) is 192 cm³/mol. The molecule has 0 aromatic heterocycles. The fourth-order valence-corrected chi connectivity index (χ4v) is 5.69. The fourth-order valence-electron chi connectivity index (χ4n) is 5.69. The van der Waals surface area contributed by atoms with Crippen LogP contribution in [0.5, 0.6) is 0 Å². The molecule has 3 fully saturated rings. The third-order valence-corrected chi connectivity index (χ3v) is 9.10. The number of ketones is 1. The molecule has 6 amide bonds. The number of carbonyl (C=O) groups is 6. The second-order valence-electron chi connectivity index (χ2n) is 14.6. The van der Waals surface area contributed by atoms with E-state index in [2.05, 4.69) is 35.5 Å². The van der Waals surface area contributed by atoms with E-state index in [1.54, 1.807) is 18.9 Å². The Kier molecular flexibility index (Phi) is 18.6. The first-order chi connectivity index (χ1) is 23.0. The van der Waals surface area contributed by atoms with Crippen LogP contribution in [0.25, 0.3) is 0 Å². The third kappa shape index (κ3) is 15.4. The Morgan fingerprint density at radius 2 is 1.55 bits per heavy atom. The molecule has 0 bridgehead atoms. The molecule has 1 aromatic carbocycles. The van der Waals surface area contributed by atoms with Gasteiger partial charge in [0, 0.05) is 26.2 Å². The lowest BCUT2D eigenvalue weighted by Gasteiger charge is -2.40. The molecule has 5 N–H and O–H groups in total. The number of hydrogen-bond donors (Lipinski definition) is 4. The highest BCUT2D eigenvalue weighted by Crippen LogP contribution is 2.31. The quantitative estimate of drug-likeness (QED) is 0.282. The molecule has 1 heterocycles. The van der Waals surface area contributed by atoms with Gasteiger partial charge in [0.15, 0.2) is 5.78 Å². The van der Waals surface area contributed by atoms with Crippen LogP contribution in [0.1, 0.15) is 112 Å². The molecule has 3 unspecified atom stereocenters. The van der Waals surface area contributed by atoms with Crippen molar-refractivity contribution in [2.75, 3.05) is 13.6 Å². The summed E-state index contributed by atoms with van der Waals surface area (Å²) in [6.45, 7) is 14.5. The molecule has 4 rings (SSSR count). The molecule has 1 aliphatic heterocycles. The second-order valence-corrected chi connectivity index (χ2v) is 14.6. The zero-order chi connectivity index (χ0) is 37.2. The SMILES string of the molecule is CC(=O)C(C)NC=O.CC1CC1.CC1CCCN1C(=O)C(NC(=O)NC1(C(=O)N(C)Cc2ccccc2)CCCCC1)C(C)(C)C.NC=O. The van der Waals surface area contributed by atoms with E-state index in [9.17, 15) is 24.0 Å². The maximum absolute atomic E-state index is 13.6. The maximum atomic E-state index is 13.6. The van der Waals surface area contributed by atoms with Crippen LogP contribution in [0.3, 0.4) is 0 Å². The lowest BCUT2D eigenvalue weighted by molar-refractivity contribution is -0.138. The van der Waals surface area contributed by atoms with Crippen LogP contribution in [-0.4, -0.2) is 83.5 Å². The number of Topliss-reactive ketones (excluding diaryl/α,β-unsaturated/α-hetero) is 1. The molecule has 2 aliphatic carbocycles. The number of benzene rings is 1. The minimum absolute atomic E-state index is 0.0305. The number of nitrogens with one attached hydrogen (secondary N) is 3. The molecule has 1 aromatic rings. The van der Waals surface area contributed by atoms with Gasteiger partial charge in [0.25, 0.3) is 0 Å². The monoisotopic (exact) mass is 686 g/mol. The van der Waals surface area contributed by atoms with Crippen molar-refractivity contribution in [3.8, 4) is 0 Å². The van der Waals surface area contributed by atoms with Gasteiger partial charge in [-0.3, -0.25) is 24.0 Å². The van der Waals surface area contributed by atoms with Crippen molar-refractivity contribution in [1.82, 2.24) is 25.8 Å². The van der Waals surface area contributed by atoms with E-state index >= 15 is 0 Å². The topological polar surface area (TPSA) is 171 Å². The summed E-state index contributed by atoms with van der Waals surface area (Å²) in [5.41, 5.74) is 3.81. The first-order valence-corrected chi connectivity index (χ1v) is 17.6. The normalized spacial score (nSPS) is 18.9. The molecule has 12 heteroatoms. The van der Waals surface area contributed by atoms with Crippen molar-refractivity contribution < 1.29 is 28.8 Å². The minimum atomic E-state index is -0.946. The van der Waals surface area contributed by atoms with Gasteiger partial charge in [-0.05, 0) is 63.4 Å². The van der Waals surface area contributed by atoms with Gasteiger partial charge in [-0.1, -0.05) is 90.1 Å². The summed E-state index contributed by atoms with van der Waals surface area (Å²) in [6, 6.07) is 8.60. The summed E-state index contributed by atoms with van der Waals surface area (Å²) in [6.07, 6.45) is 9.76. The molecule has 276 valence electrons. The van der Waals surface area contributed by atoms with Crippen molar-refractivity contribution in [2.24, 2.45) is 17.1 Å².